The molecule has 6 nitrogen and oxygen atoms in total. The molecule has 0 saturated heterocycles. The van der Waals surface area contributed by atoms with E-state index in [0.29, 0.717) is 12.4 Å². The molecule has 0 saturated carbocycles. The van der Waals surface area contributed by atoms with Crippen molar-refractivity contribution in [3.05, 3.63) is 83.0 Å². The quantitative estimate of drug-likeness (QED) is 0.313. The van der Waals surface area contributed by atoms with Gasteiger partial charge in [-0.3, -0.25) is 9.48 Å². The summed E-state index contributed by atoms with van der Waals surface area (Å²) in [7, 11) is 0. The van der Waals surface area contributed by atoms with Crippen LogP contribution in [-0.2, 0) is 29.0 Å². The fraction of sp³-hybridized carbons (Fsp3) is 0.333. The molecule has 1 aliphatic carbocycles. The van der Waals surface area contributed by atoms with Gasteiger partial charge in [-0.15, -0.1) is 0 Å². The monoisotopic (exact) mass is 484 g/mol. The normalized spacial score (nSPS) is 14.9. The highest BCUT2D eigenvalue weighted by molar-refractivity contribution is 5.87. The lowest BCUT2D eigenvalue weighted by atomic mass is 9.98. The van der Waals surface area contributed by atoms with Gasteiger partial charge in [0.25, 0.3) is 0 Å². The number of nitrogens with zero attached hydrogens (tertiary/aromatic N) is 2. The number of aromatic nitrogens is 2. The third kappa shape index (κ3) is 4.73. The van der Waals surface area contributed by atoms with Crippen LogP contribution in [0.1, 0.15) is 61.7 Å². The molecule has 0 amide bonds. The second kappa shape index (κ2) is 10.2. The molecule has 1 unspecified atom stereocenters. The summed E-state index contributed by atoms with van der Waals surface area (Å²) in [6, 6.07) is 20.5. The molecule has 36 heavy (non-hydrogen) atoms. The van der Waals surface area contributed by atoms with Crippen molar-refractivity contribution in [2.75, 3.05) is 6.61 Å². The molecule has 0 spiro atoms. The van der Waals surface area contributed by atoms with E-state index in [-0.39, 0.29) is 31.1 Å². The van der Waals surface area contributed by atoms with Crippen LogP contribution in [0.2, 0.25) is 0 Å². The fourth-order valence-corrected chi connectivity index (χ4v) is 4.95. The first-order valence-corrected chi connectivity index (χ1v) is 12.6. The Hall–Kier alpha value is -3.64. The summed E-state index contributed by atoms with van der Waals surface area (Å²) >= 11 is 0. The highest BCUT2D eigenvalue weighted by Gasteiger charge is 2.21. The maximum absolute atomic E-state index is 12.0. The minimum atomic E-state index is -0.383. The predicted octanol–water partition coefficient (Wildman–Crippen LogP) is 5.95. The van der Waals surface area contributed by atoms with Crippen LogP contribution in [0.25, 0.3) is 22.0 Å². The van der Waals surface area contributed by atoms with E-state index in [2.05, 4.69) is 50.2 Å². The highest BCUT2D eigenvalue weighted by atomic mass is 16.5. The lowest BCUT2D eigenvalue weighted by Crippen LogP contribution is -2.09. The summed E-state index contributed by atoms with van der Waals surface area (Å²) in [5.41, 5.74) is 7.11. The van der Waals surface area contributed by atoms with Crippen LogP contribution in [0, 0.1) is 0 Å². The molecular weight excluding hydrogens is 452 g/mol. The summed E-state index contributed by atoms with van der Waals surface area (Å²) in [6.45, 7) is 6.66. The van der Waals surface area contributed by atoms with Crippen molar-refractivity contribution in [2.24, 2.45) is 0 Å². The van der Waals surface area contributed by atoms with Gasteiger partial charge in [-0.1, -0.05) is 36.4 Å². The van der Waals surface area contributed by atoms with Gasteiger partial charge >= 0.3 is 5.97 Å². The Balaban J connectivity index is 1.47. The standard InChI is InChI=1S/C30H32N2O4/c1-4-35-30(34)17-23-7-5-6-8-29(23)36-18-26-25-16-22(11-13-27(25)32(31-26)19(2)3)21-10-9-20-12-14-28(33)24(20)15-21/h5-11,13,15-16,19,28,33H,4,12,14,17-18H2,1-3H3. The summed E-state index contributed by atoms with van der Waals surface area (Å²) in [4.78, 5) is 12.0. The van der Waals surface area contributed by atoms with Gasteiger partial charge in [0.05, 0.1) is 24.6 Å². The molecule has 0 aliphatic heterocycles. The number of para-hydroxylation sites is 1. The summed E-state index contributed by atoms with van der Waals surface area (Å²) < 4.78 is 13.3. The van der Waals surface area contributed by atoms with E-state index in [0.717, 1.165) is 51.7 Å². The van der Waals surface area contributed by atoms with Crippen LogP contribution < -0.4 is 4.74 Å². The topological polar surface area (TPSA) is 73.6 Å². The van der Waals surface area contributed by atoms with Gasteiger partial charge in [-0.25, -0.2) is 0 Å². The average molecular weight is 485 g/mol. The largest absolute Gasteiger partial charge is 0.487 e. The zero-order chi connectivity index (χ0) is 25.2. The zero-order valence-corrected chi connectivity index (χ0v) is 21.0. The smallest absolute Gasteiger partial charge is 0.310 e. The third-order valence-corrected chi connectivity index (χ3v) is 6.77. The molecule has 1 N–H and O–H groups in total. The van der Waals surface area contributed by atoms with Crippen LogP contribution in [0.4, 0.5) is 0 Å². The molecule has 0 radical (unpaired) electrons. The van der Waals surface area contributed by atoms with Crippen LogP contribution in [0.15, 0.2) is 60.7 Å². The van der Waals surface area contributed by atoms with Crippen LogP contribution >= 0.6 is 0 Å². The lowest BCUT2D eigenvalue weighted by molar-refractivity contribution is -0.142. The molecule has 5 rings (SSSR count). The fourth-order valence-electron chi connectivity index (χ4n) is 4.95. The first-order chi connectivity index (χ1) is 17.4. The van der Waals surface area contributed by atoms with E-state index in [1.807, 2.05) is 28.9 Å². The van der Waals surface area contributed by atoms with Gasteiger partial charge in [0, 0.05) is 17.0 Å². The number of hydrogen-bond acceptors (Lipinski definition) is 5. The van der Waals surface area contributed by atoms with E-state index in [4.69, 9.17) is 14.6 Å². The molecule has 4 aromatic rings. The van der Waals surface area contributed by atoms with Gasteiger partial charge in [-0.2, -0.15) is 5.10 Å². The Bertz CT molecular complexity index is 1410. The van der Waals surface area contributed by atoms with Crippen molar-refractivity contribution < 1.29 is 19.4 Å². The number of aliphatic hydroxyl groups is 1. The van der Waals surface area contributed by atoms with Gasteiger partial charge in [0.1, 0.15) is 18.1 Å². The number of ether oxygens (including phenoxy) is 2. The SMILES string of the molecule is CCOC(=O)Cc1ccccc1OCc1nn(C(C)C)c2ccc(-c3ccc4c(c3)C(O)CC4)cc12. The van der Waals surface area contributed by atoms with Gasteiger partial charge < -0.3 is 14.6 Å². The molecular formula is C30H32N2O4. The van der Waals surface area contributed by atoms with E-state index < -0.39 is 0 Å². The van der Waals surface area contributed by atoms with E-state index in [9.17, 15) is 9.90 Å². The number of hydrogen-bond donors (Lipinski definition) is 1. The number of rotatable bonds is 8. The average Bonchev–Trinajstić information content (AvgIpc) is 3.43. The maximum Gasteiger partial charge on any atom is 0.310 e. The van der Waals surface area contributed by atoms with Gasteiger partial charge in [-0.05, 0) is 80.1 Å². The van der Waals surface area contributed by atoms with Gasteiger partial charge in [0.15, 0.2) is 0 Å². The summed E-state index contributed by atoms with van der Waals surface area (Å²) in [5, 5.41) is 16.3. The summed E-state index contributed by atoms with van der Waals surface area (Å²) in [6.07, 6.45) is 1.50. The van der Waals surface area contributed by atoms with E-state index >= 15 is 0 Å². The Labute approximate surface area is 211 Å². The number of fused-ring (bicyclic) bond motifs is 2. The predicted molar refractivity (Wildman–Crippen MR) is 140 cm³/mol. The molecule has 6 heteroatoms. The Kier molecular flexibility index (Phi) is 6.79. The van der Waals surface area contributed by atoms with Gasteiger partial charge in [0.2, 0.25) is 0 Å². The molecule has 1 aromatic heterocycles. The first kappa shape index (κ1) is 24.1. The zero-order valence-electron chi connectivity index (χ0n) is 21.0. The molecule has 1 atom stereocenters. The van der Waals surface area contributed by atoms with E-state index in [1.165, 1.54) is 5.56 Å². The minimum absolute atomic E-state index is 0.166. The number of benzene rings is 3. The first-order valence-electron chi connectivity index (χ1n) is 12.6. The second-order valence-electron chi connectivity index (χ2n) is 9.56. The van der Waals surface area contributed by atoms with Crippen molar-refractivity contribution in [1.82, 2.24) is 9.78 Å². The van der Waals surface area contributed by atoms with Crippen molar-refractivity contribution >= 4 is 16.9 Å². The number of carbonyl (C=O) groups is 1. The maximum atomic E-state index is 12.0. The lowest BCUT2D eigenvalue weighted by Gasteiger charge is -2.11. The van der Waals surface area contributed by atoms with E-state index in [1.54, 1.807) is 6.92 Å². The van der Waals surface area contributed by atoms with Crippen LogP contribution in [0.5, 0.6) is 5.75 Å². The molecule has 186 valence electrons. The van der Waals surface area contributed by atoms with Crippen LogP contribution in [0.3, 0.4) is 0 Å². The number of esters is 1. The Morgan fingerprint density at radius 3 is 2.69 bits per heavy atom. The highest BCUT2D eigenvalue weighted by Crippen LogP contribution is 2.36. The Morgan fingerprint density at radius 2 is 1.89 bits per heavy atom. The van der Waals surface area contributed by atoms with Crippen molar-refractivity contribution in [2.45, 2.75) is 58.8 Å². The van der Waals surface area contributed by atoms with Crippen molar-refractivity contribution in [3.8, 4) is 16.9 Å². The number of aliphatic hydroxyl groups excluding tert-OH is 1. The molecule has 0 bridgehead atoms. The number of aryl methyl sites for hydroxylation is 1. The number of carbonyl (C=O) groups excluding carboxylic acids is 1. The molecule has 1 heterocycles. The Morgan fingerprint density at radius 1 is 1.11 bits per heavy atom. The third-order valence-electron chi connectivity index (χ3n) is 6.77. The minimum Gasteiger partial charge on any atom is -0.487 e. The molecule has 0 fully saturated rings. The second-order valence-corrected chi connectivity index (χ2v) is 9.56. The van der Waals surface area contributed by atoms with Crippen molar-refractivity contribution in [3.63, 3.8) is 0 Å². The van der Waals surface area contributed by atoms with Crippen molar-refractivity contribution in [1.29, 1.82) is 0 Å². The summed E-state index contributed by atoms with van der Waals surface area (Å²) in [5.74, 6) is 0.383. The van der Waals surface area contributed by atoms with Crippen LogP contribution in [-0.4, -0.2) is 27.5 Å². The molecule has 3 aromatic carbocycles. The molecule has 1 aliphatic rings.